The average molecular weight is 382 g/mol. The van der Waals surface area contributed by atoms with Gasteiger partial charge in [-0.15, -0.1) is 0 Å². The molecule has 2 heterocycles. The maximum absolute atomic E-state index is 12.4. The summed E-state index contributed by atoms with van der Waals surface area (Å²) in [5.74, 6) is 0.168. The summed E-state index contributed by atoms with van der Waals surface area (Å²) in [6, 6.07) is 9.39. The van der Waals surface area contributed by atoms with Crippen LogP contribution in [0.1, 0.15) is 43.4 Å². The third-order valence-corrected chi connectivity index (χ3v) is 6.03. The maximum atomic E-state index is 12.4. The quantitative estimate of drug-likeness (QED) is 0.751. The molecule has 1 aliphatic carbocycles. The van der Waals surface area contributed by atoms with Crippen molar-refractivity contribution in [2.45, 2.75) is 45.6 Å². The SMILES string of the molecule is Cc1ccccc1-c1nn2c(=O)cc(CNC(=O)C3CCCCC3)nc2s1. The second-order valence-corrected chi connectivity index (χ2v) is 8.01. The Bertz CT molecular complexity index is 1030. The Labute approximate surface area is 161 Å². The molecule has 140 valence electrons. The lowest BCUT2D eigenvalue weighted by atomic mass is 9.89. The van der Waals surface area contributed by atoms with E-state index in [1.165, 1.54) is 28.3 Å². The molecule has 1 fully saturated rings. The van der Waals surface area contributed by atoms with Gasteiger partial charge < -0.3 is 5.32 Å². The summed E-state index contributed by atoms with van der Waals surface area (Å²) >= 11 is 1.38. The van der Waals surface area contributed by atoms with Gasteiger partial charge in [-0.2, -0.15) is 9.61 Å². The molecule has 1 aliphatic rings. The number of amides is 1. The van der Waals surface area contributed by atoms with Crippen LogP contribution in [0.4, 0.5) is 0 Å². The molecule has 1 amide bonds. The van der Waals surface area contributed by atoms with E-state index in [0.717, 1.165) is 41.8 Å². The highest BCUT2D eigenvalue weighted by Crippen LogP contribution is 2.27. The molecule has 0 bridgehead atoms. The van der Waals surface area contributed by atoms with E-state index in [0.29, 0.717) is 10.7 Å². The fourth-order valence-electron chi connectivity index (χ4n) is 3.56. The van der Waals surface area contributed by atoms with E-state index in [-0.39, 0.29) is 23.9 Å². The zero-order valence-electron chi connectivity index (χ0n) is 15.3. The summed E-state index contributed by atoms with van der Waals surface area (Å²) in [5, 5.41) is 8.13. The molecular weight excluding hydrogens is 360 g/mol. The molecule has 7 heteroatoms. The molecule has 0 saturated heterocycles. The number of rotatable bonds is 4. The molecule has 0 spiro atoms. The van der Waals surface area contributed by atoms with E-state index >= 15 is 0 Å². The van der Waals surface area contributed by atoms with Gasteiger partial charge in [-0.25, -0.2) is 4.98 Å². The van der Waals surface area contributed by atoms with Crippen LogP contribution >= 0.6 is 11.3 Å². The van der Waals surface area contributed by atoms with Gasteiger partial charge in [0.05, 0.1) is 12.2 Å². The van der Waals surface area contributed by atoms with Crippen LogP contribution in [0.3, 0.4) is 0 Å². The number of nitrogens with one attached hydrogen (secondary N) is 1. The number of aryl methyl sites for hydroxylation is 1. The van der Waals surface area contributed by atoms with Gasteiger partial charge in [0, 0.05) is 17.5 Å². The van der Waals surface area contributed by atoms with Crippen molar-refractivity contribution in [3.63, 3.8) is 0 Å². The molecule has 1 aromatic carbocycles. The third-order valence-electron chi connectivity index (χ3n) is 5.09. The van der Waals surface area contributed by atoms with E-state index in [4.69, 9.17) is 0 Å². The second-order valence-electron chi connectivity index (χ2n) is 7.05. The molecule has 6 nitrogen and oxygen atoms in total. The molecule has 1 N–H and O–H groups in total. The summed E-state index contributed by atoms with van der Waals surface area (Å²) in [6.07, 6.45) is 5.36. The van der Waals surface area contributed by atoms with Gasteiger partial charge in [-0.1, -0.05) is 54.9 Å². The van der Waals surface area contributed by atoms with Crippen molar-refractivity contribution < 1.29 is 4.79 Å². The van der Waals surface area contributed by atoms with Crippen LogP contribution < -0.4 is 10.9 Å². The predicted octanol–water partition coefficient (Wildman–Crippen LogP) is 3.32. The Morgan fingerprint density at radius 1 is 1.26 bits per heavy atom. The molecule has 0 radical (unpaired) electrons. The van der Waals surface area contributed by atoms with Crippen molar-refractivity contribution in [2.24, 2.45) is 5.92 Å². The first-order valence-electron chi connectivity index (χ1n) is 9.35. The lowest BCUT2D eigenvalue weighted by Gasteiger charge is -2.20. The molecule has 3 aromatic rings. The largest absolute Gasteiger partial charge is 0.350 e. The van der Waals surface area contributed by atoms with Crippen molar-refractivity contribution in [3.05, 3.63) is 51.9 Å². The smallest absolute Gasteiger partial charge is 0.275 e. The van der Waals surface area contributed by atoms with E-state index < -0.39 is 0 Å². The van der Waals surface area contributed by atoms with Gasteiger partial charge in [0.25, 0.3) is 5.56 Å². The van der Waals surface area contributed by atoms with Crippen LogP contribution in [0.25, 0.3) is 15.5 Å². The number of carbonyl (C=O) groups excluding carboxylic acids is 1. The predicted molar refractivity (Wildman–Crippen MR) is 106 cm³/mol. The van der Waals surface area contributed by atoms with E-state index in [1.807, 2.05) is 31.2 Å². The van der Waals surface area contributed by atoms with E-state index in [1.54, 1.807) is 0 Å². The average Bonchev–Trinajstić information content (AvgIpc) is 3.11. The topological polar surface area (TPSA) is 76.4 Å². The van der Waals surface area contributed by atoms with E-state index in [9.17, 15) is 9.59 Å². The molecule has 0 aliphatic heterocycles. The fraction of sp³-hybridized carbons (Fsp3) is 0.400. The lowest BCUT2D eigenvalue weighted by Crippen LogP contribution is -2.32. The van der Waals surface area contributed by atoms with Crippen LogP contribution in [0.5, 0.6) is 0 Å². The van der Waals surface area contributed by atoms with Gasteiger partial charge in [-0.05, 0) is 25.3 Å². The Kier molecular flexibility index (Phi) is 5.03. The van der Waals surface area contributed by atoms with Crippen LogP contribution in [0.2, 0.25) is 0 Å². The molecule has 2 aromatic heterocycles. The summed E-state index contributed by atoms with van der Waals surface area (Å²) in [4.78, 5) is 29.8. The van der Waals surface area contributed by atoms with Crippen LogP contribution in [-0.2, 0) is 11.3 Å². The summed E-state index contributed by atoms with van der Waals surface area (Å²) in [7, 11) is 0. The molecule has 1 saturated carbocycles. The van der Waals surface area contributed by atoms with Gasteiger partial charge in [0.2, 0.25) is 10.9 Å². The fourth-order valence-corrected chi connectivity index (χ4v) is 4.57. The number of aromatic nitrogens is 3. The third kappa shape index (κ3) is 3.78. The Morgan fingerprint density at radius 2 is 2.04 bits per heavy atom. The first-order valence-corrected chi connectivity index (χ1v) is 10.2. The number of carbonyl (C=O) groups is 1. The molecule has 4 rings (SSSR count). The van der Waals surface area contributed by atoms with Gasteiger partial charge in [0.15, 0.2) is 0 Å². The zero-order chi connectivity index (χ0) is 18.8. The van der Waals surface area contributed by atoms with Gasteiger partial charge in [0.1, 0.15) is 5.01 Å². The summed E-state index contributed by atoms with van der Waals surface area (Å²) in [6.45, 7) is 2.29. The highest BCUT2D eigenvalue weighted by Gasteiger charge is 2.21. The summed E-state index contributed by atoms with van der Waals surface area (Å²) in [5.41, 5.74) is 2.45. The van der Waals surface area contributed by atoms with Crippen molar-refractivity contribution >= 4 is 22.2 Å². The molecule has 0 atom stereocenters. The highest BCUT2D eigenvalue weighted by molar-refractivity contribution is 7.19. The maximum Gasteiger partial charge on any atom is 0.275 e. The van der Waals surface area contributed by atoms with Crippen molar-refractivity contribution in [2.75, 3.05) is 0 Å². The van der Waals surface area contributed by atoms with Crippen molar-refractivity contribution in [1.82, 2.24) is 19.9 Å². The molecular formula is C20H22N4O2S. The number of benzene rings is 1. The minimum Gasteiger partial charge on any atom is -0.350 e. The second kappa shape index (κ2) is 7.60. The standard InChI is InChI=1S/C20H22N4O2S/c1-13-7-5-6-10-16(13)19-23-24-17(25)11-15(22-20(24)27-19)12-21-18(26)14-8-3-2-4-9-14/h5-7,10-11,14H,2-4,8-9,12H2,1H3,(H,21,26). The van der Waals surface area contributed by atoms with Gasteiger partial charge >= 0.3 is 0 Å². The van der Waals surface area contributed by atoms with Crippen LogP contribution in [0.15, 0.2) is 35.1 Å². The Balaban J connectivity index is 1.55. The van der Waals surface area contributed by atoms with Crippen molar-refractivity contribution in [3.8, 4) is 10.6 Å². The molecule has 27 heavy (non-hydrogen) atoms. The number of fused-ring (bicyclic) bond motifs is 1. The number of hydrogen-bond donors (Lipinski definition) is 1. The van der Waals surface area contributed by atoms with Crippen molar-refractivity contribution in [1.29, 1.82) is 0 Å². The normalized spacial score (nSPS) is 15.1. The van der Waals surface area contributed by atoms with Crippen LogP contribution in [0, 0.1) is 12.8 Å². The minimum atomic E-state index is -0.224. The highest BCUT2D eigenvalue weighted by atomic mass is 32.1. The number of nitrogens with zero attached hydrogens (tertiary/aromatic N) is 3. The summed E-state index contributed by atoms with van der Waals surface area (Å²) < 4.78 is 1.33. The monoisotopic (exact) mass is 382 g/mol. The number of hydrogen-bond acceptors (Lipinski definition) is 5. The molecule has 0 unspecified atom stereocenters. The van der Waals surface area contributed by atoms with E-state index in [2.05, 4.69) is 15.4 Å². The first-order chi connectivity index (χ1) is 13.1. The van der Waals surface area contributed by atoms with Crippen LogP contribution in [-0.4, -0.2) is 20.5 Å². The Morgan fingerprint density at radius 3 is 2.81 bits per heavy atom. The minimum absolute atomic E-state index is 0.0709. The van der Waals surface area contributed by atoms with Gasteiger partial charge in [-0.3, -0.25) is 9.59 Å². The lowest BCUT2D eigenvalue weighted by molar-refractivity contribution is -0.126. The zero-order valence-corrected chi connectivity index (χ0v) is 16.1. The Hall–Kier alpha value is -2.54. The first kappa shape index (κ1) is 17.9.